The lowest BCUT2D eigenvalue weighted by Gasteiger charge is -2.05. The van der Waals surface area contributed by atoms with E-state index in [0.29, 0.717) is 11.9 Å². The second-order valence-electron chi connectivity index (χ2n) is 4.50. The molecule has 17 heavy (non-hydrogen) atoms. The van der Waals surface area contributed by atoms with E-state index in [0.717, 1.165) is 27.4 Å². The van der Waals surface area contributed by atoms with E-state index in [-0.39, 0.29) is 0 Å². The molecule has 3 nitrogen and oxygen atoms in total. The molecule has 0 spiro atoms. The highest BCUT2D eigenvalue weighted by Gasteiger charge is 2.39. The fourth-order valence-corrected chi connectivity index (χ4v) is 2.94. The van der Waals surface area contributed by atoms with Crippen LogP contribution in [-0.4, -0.2) is 14.5 Å². The maximum absolute atomic E-state index is 5.98. The van der Waals surface area contributed by atoms with Gasteiger partial charge in [-0.3, -0.25) is 0 Å². The van der Waals surface area contributed by atoms with E-state index in [1.165, 1.54) is 12.8 Å². The van der Waals surface area contributed by atoms with Gasteiger partial charge in [0.25, 0.3) is 0 Å². The van der Waals surface area contributed by atoms with Crippen molar-refractivity contribution in [3.05, 3.63) is 22.6 Å². The average molecular weight is 315 g/mol. The van der Waals surface area contributed by atoms with Crippen LogP contribution in [0.2, 0.25) is 0 Å². The van der Waals surface area contributed by atoms with Crippen molar-refractivity contribution in [2.45, 2.75) is 31.7 Å². The van der Waals surface area contributed by atoms with Crippen LogP contribution < -0.4 is 0 Å². The number of aromatic nitrogens is 3. The smallest absolute Gasteiger partial charge is 0.160 e. The topological polar surface area (TPSA) is 30.7 Å². The maximum Gasteiger partial charge on any atom is 0.160 e. The van der Waals surface area contributed by atoms with E-state index in [1.54, 1.807) is 0 Å². The van der Waals surface area contributed by atoms with Crippen LogP contribution in [0.25, 0.3) is 11.2 Å². The molecule has 0 aromatic carbocycles. The molecule has 0 N–H and O–H groups in total. The van der Waals surface area contributed by atoms with Crippen molar-refractivity contribution >= 4 is 38.7 Å². The summed E-state index contributed by atoms with van der Waals surface area (Å²) in [5.41, 5.74) is 1.89. The number of nitrogens with zero attached hydrogens (tertiary/aromatic N) is 3. The Balaban J connectivity index is 2.14. The molecular weight excluding hydrogens is 302 g/mol. The minimum absolute atomic E-state index is 0.445. The normalized spacial score (nSPS) is 23.2. The van der Waals surface area contributed by atoms with Crippen LogP contribution in [0.5, 0.6) is 0 Å². The number of hydrogen-bond donors (Lipinski definition) is 0. The number of fused-ring (bicyclic) bond motifs is 1. The second kappa shape index (κ2) is 4.25. The molecule has 90 valence electrons. The first kappa shape index (κ1) is 11.5. The SMILES string of the molecule is CCC1CC1n1c(CCl)nc2cc(Br)cnc21. The van der Waals surface area contributed by atoms with Gasteiger partial charge in [-0.2, -0.15) is 0 Å². The minimum Gasteiger partial charge on any atom is -0.308 e. The van der Waals surface area contributed by atoms with Crippen molar-refractivity contribution < 1.29 is 0 Å². The predicted molar refractivity (Wildman–Crippen MR) is 72.2 cm³/mol. The molecule has 0 saturated heterocycles. The molecular formula is C12H13BrClN3. The minimum atomic E-state index is 0.445. The molecule has 1 aliphatic carbocycles. The summed E-state index contributed by atoms with van der Waals surface area (Å²) < 4.78 is 3.18. The summed E-state index contributed by atoms with van der Waals surface area (Å²) in [6.07, 6.45) is 4.26. The number of imidazole rings is 1. The van der Waals surface area contributed by atoms with Gasteiger partial charge < -0.3 is 4.57 Å². The van der Waals surface area contributed by atoms with Crippen molar-refractivity contribution in [2.24, 2.45) is 5.92 Å². The zero-order valence-corrected chi connectivity index (χ0v) is 11.9. The molecule has 3 rings (SSSR count). The van der Waals surface area contributed by atoms with Crippen LogP contribution in [0, 0.1) is 5.92 Å². The monoisotopic (exact) mass is 313 g/mol. The van der Waals surface area contributed by atoms with Gasteiger partial charge in [-0.15, -0.1) is 11.6 Å². The predicted octanol–water partition coefficient (Wildman–Crippen LogP) is 3.90. The first-order valence-corrected chi connectivity index (χ1v) is 7.15. The lowest BCUT2D eigenvalue weighted by atomic mass is 10.3. The number of halogens is 2. The van der Waals surface area contributed by atoms with Crippen LogP contribution in [-0.2, 0) is 5.88 Å². The highest BCUT2D eigenvalue weighted by Crippen LogP contribution is 2.47. The Morgan fingerprint density at radius 2 is 2.41 bits per heavy atom. The first-order valence-electron chi connectivity index (χ1n) is 5.83. The van der Waals surface area contributed by atoms with Crippen LogP contribution in [0.3, 0.4) is 0 Å². The van der Waals surface area contributed by atoms with E-state index >= 15 is 0 Å². The summed E-state index contributed by atoms with van der Waals surface area (Å²) in [5.74, 6) is 2.15. The third-order valence-corrected chi connectivity index (χ3v) is 4.10. The number of pyridine rings is 1. The van der Waals surface area contributed by atoms with Gasteiger partial charge in [0, 0.05) is 16.7 Å². The van der Waals surface area contributed by atoms with Crippen molar-refractivity contribution in [3.63, 3.8) is 0 Å². The lowest BCUT2D eigenvalue weighted by Crippen LogP contribution is -2.02. The summed E-state index contributed by atoms with van der Waals surface area (Å²) in [6.45, 7) is 2.23. The number of rotatable bonds is 3. The Labute approximate surface area is 113 Å². The highest BCUT2D eigenvalue weighted by molar-refractivity contribution is 9.10. The molecule has 0 radical (unpaired) electrons. The summed E-state index contributed by atoms with van der Waals surface area (Å²) in [7, 11) is 0. The van der Waals surface area contributed by atoms with E-state index in [4.69, 9.17) is 11.6 Å². The number of alkyl halides is 1. The van der Waals surface area contributed by atoms with Crippen LogP contribution in [0.4, 0.5) is 0 Å². The molecule has 0 amide bonds. The number of hydrogen-bond acceptors (Lipinski definition) is 2. The van der Waals surface area contributed by atoms with Crippen LogP contribution in [0.1, 0.15) is 31.6 Å². The Kier molecular flexibility index (Phi) is 2.87. The Hall–Kier alpha value is -0.610. The van der Waals surface area contributed by atoms with E-state index in [1.807, 2.05) is 12.3 Å². The van der Waals surface area contributed by atoms with Crippen molar-refractivity contribution in [2.75, 3.05) is 0 Å². The largest absolute Gasteiger partial charge is 0.308 e. The molecule has 1 saturated carbocycles. The molecule has 2 atom stereocenters. The van der Waals surface area contributed by atoms with Gasteiger partial charge >= 0.3 is 0 Å². The molecule has 2 aromatic heterocycles. The summed E-state index contributed by atoms with van der Waals surface area (Å²) in [6, 6.07) is 2.55. The molecule has 2 aromatic rings. The van der Waals surface area contributed by atoms with E-state index in [9.17, 15) is 0 Å². The lowest BCUT2D eigenvalue weighted by molar-refractivity contribution is 0.633. The van der Waals surface area contributed by atoms with Gasteiger partial charge in [0.15, 0.2) is 5.65 Å². The molecule has 1 fully saturated rings. The molecule has 2 unspecified atom stereocenters. The third-order valence-electron chi connectivity index (χ3n) is 3.43. The third kappa shape index (κ3) is 1.87. The van der Waals surface area contributed by atoms with Gasteiger partial charge in [0.1, 0.15) is 11.3 Å². The summed E-state index contributed by atoms with van der Waals surface area (Å²) >= 11 is 9.40. The van der Waals surface area contributed by atoms with Gasteiger partial charge in [-0.1, -0.05) is 13.3 Å². The second-order valence-corrected chi connectivity index (χ2v) is 5.68. The van der Waals surface area contributed by atoms with Gasteiger partial charge in [0.05, 0.1) is 5.88 Å². The zero-order chi connectivity index (χ0) is 12.0. The summed E-state index contributed by atoms with van der Waals surface area (Å²) in [4.78, 5) is 9.03. The van der Waals surface area contributed by atoms with Gasteiger partial charge in [-0.05, 0) is 34.3 Å². The molecule has 0 aliphatic heterocycles. The van der Waals surface area contributed by atoms with Crippen LogP contribution >= 0.6 is 27.5 Å². The standard InChI is InChI=1S/C12H13BrClN3/c1-2-7-3-10(7)17-11(5-14)16-9-4-8(13)6-15-12(9)17/h4,6-7,10H,2-3,5H2,1H3. The molecule has 0 bridgehead atoms. The first-order chi connectivity index (χ1) is 8.24. The maximum atomic E-state index is 5.98. The van der Waals surface area contributed by atoms with E-state index in [2.05, 4.69) is 37.4 Å². The van der Waals surface area contributed by atoms with Crippen molar-refractivity contribution in [1.82, 2.24) is 14.5 Å². The average Bonchev–Trinajstić information content (AvgIpc) is 3.02. The van der Waals surface area contributed by atoms with Crippen molar-refractivity contribution in [3.8, 4) is 0 Å². The highest BCUT2D eigenvalue weighted by atomic mass is 79.9. The Morgan fingerprint density at radius 3 is 3.06 bits per heavy atom. The Morgan fingerprint density at radius 1 is 1.59 bits per heavy atom. The van der Waals surface area contributed by atoms with Gasteiger partial charge in [0.2, 0.25) is 0 Å². The van der Waals surface area contributed by atoms with Crippen molar-refractivity contribution in [1.29, 1.82) is 0 Å². The fraction of sp³-hybridized carbons (Fsp3) is 0.500. The zero-order valence-electron chi connectivity index (χ0n) is 9.53. The van der Waals surface area contributed by atoms with E-state index < -0.39 is 0 Å². The van der Waals surface area contributed by atoms with Crippen LogP contribution in [0.15, 0.2) is 16.7 Å². The summed E-state index contributed by atoms with van der Waals surface area (Å²) in [5, 5.41) is 0. The fourth-order valence-electron chi connectivity index (χ4n) is 2.43. The molecule has 5 heteroatoms. The quantitative estimate of drug-likeness (QED) is 0.804. The molecule has 1 aliphatic rings. The van der Waals surface area contributed by atoms with Gasteiger partial charge in [-0.25, -0.2) is 9.97 Å². The Bertz CT molecular complexity index is 566. The molecule has 2 heterocycles.